The van der Waals surface area contributed by atoms with Gasteiger partial charge in [-0.05, 0) is 69.5 Å². The first-order valence-electron chi connectivity index (χ1n) is 16.1. The van der Waals surface area contributed by atoms with Crippen LogP contribution in [0.5, 0.6) is 0 Å². The van der Waals surface area contributed by atoms with Crippen LogP contribution >= 0.6 is 0 Å². The van der Waals surface area contributed by atoms with E-state index in [1.807, 2.05) is 13.8 Å². The fourth-order valence-corrected chi connectivity index (χ4v) is 9.35. The number of nitrogens with zero attached hydrogens (tertiary/aromatic N) is 2. The first-order chi connectivity index (χ1) is 20.5. The van der Waals surface area contributed by atoms with E-state index in [1.54, 1.807) is 6.20 Å². The third-order valence-electron chi connectivity index (χ3n) is 11.6. The number of aliphatic hydroxyl groups is 1. The van der Waals surface area contributed by atoms with Gasteiger partial charge in [0, 0.05) is 55.8 Å². The van der Waals surface area contributed by atoms with Gasteiger partial charge in [-0.1, -0.05) is 20.3 Å². The molecule has 3 saturated heterocycles. The number of Topliss-reactive ketones (excluding diaryl/α,β-unsaturated/α-hetero) is 2. The van der Waals surface area contributed by atoms with E-state index in [4.69, 9.17) is 14.2 Å². The maximum Gasteiger partial charge on any atom is 0.336 e. The molecular formula is C33H46N2O8. The molecule has 236 valence electrons. The lowest BCUT2D eigenvalue weighted by molar-refractivity contribution is -0.175. The summed E-state index contributed by atoms with van der Waals surface area (Å²) in [5.41, 5.74) is -0.828. The van der Waals surface area contributed by atoms with Crippen LogP contribution in [-0.4, -0.2) is 103 Å². The van der Waals surface area contributed by atoms with Gasteiger partial charge in [0.1, 0.15) is 12.2 Å². The van der Waals surface area contributed by atoms with Crippen molar-refractivity contribution in [3.63, 3.8) is 0 Å². The lowest BCUT2D eigenvalue weighted by atomic mass is 9.50. The van der Waals surface area contributed by atoms with Crippen molar-refractivity contribution in [1.29, 1.82) is 0 Å². The third-order valence-corrected chi connectivity index (χ3v) is 11.6. The molecule has 0 amide bonds. The Hall–Kier alpha value is -2.56. The molecule has 0 aromatic rings. The highest BCUT2D eigenvalue weighted by molar-refractivity contribution is 6.47. The zero-order valence-corrected chi connectivity index (χ0v) is 25.9. The topological polar surface area (TPSA) is 123 Å². The second-order valence-electron chi connectivity index (χ2n) is 14.0. The van der Waals surface area contributed by atoms with Gasteiger partial charge >= 0.3 is 11.9 Å². The monoisotopic (exact) mass is 598 g/mol. The summed E-state index contributed by atoms with van der Waals surface area (Å²) in [6, 6.07) is 0.512. The van der Waals surface area contributed by atoms with Crippen LogP contribution in [0.2, 0.25) is 0 Å². The van der Waals surface area contributed by atoms with Crippen molar-refractivity contribution in [3.05, 3.63) is 22.9 Å². The Balaban J connectivity index is 1.41. The number of rotatable bonds is 5. The Labute approximate surface area is 253 Å². The quantitative estimate of drug-likeness (QED) is 0.287. The first kappa shape index (κ1) is 30.5. The highest BCUT2D eigenvalue weighted by atomic mass is 16.6. The second kappa shape index (κ2) is 11.4. The predicted molar refractivity (Wildman–Crippen MR) is 156 cm³/mol. The summed E-state index contributed by atoms with van der Waals surface area (Å²) in [6.07, 6.45) is 6.39. The van der Waals surface area contributed by atoms with Gasteiger partial charge in [0.15, 0.2) is 0 Å². The number of fused-ring (bicyclic) bond motifs is 4. The van der Waals surface area contributed by atoms with E-state index in [0.717, 1.165) is 39.0 Å². The molecule has 6 rings (SSSR count). The molecule has 3 aliphatic heterocycles. The van der Waals surface area contributed by atoms with E-state index in [-0.39, 0.29) is 18.1 Å². The lowest BCUT2D eigenvalue weighted by Crippen LogP contribution is -2.63. The van der Waals surface area contributed by atoms with Gasteiger partial charge in [-0.25, -0.2) is 4.79 Å². The molecule has 1 saturated carbocycles. The van der Waals surface area contributed by atoms with Crippen molar-refractivity contribution in [2.75, 3.05) is 39.9 Å². The highest BCUT2D eigenvalue weighted by Crippen LogP contribution is 2.63. The Morgan fingerprint density at radius 2 is 1.74 bits per heavy atom. The van der Waals surface area contributed by atoms with Crippen molar-refractivity contribution >= 4 is 23.5 Å². The summed E-state index contributed by atoms with van der Waals surface area (Å²) in [4.78, 5) is 59.1. The number of likely N-dealkylation sites (tertiary alicyclic amines) is 2. The van der Waals surface area contributed by atoms with Crippen LogP contribution in [0, 0.1) is 22.7 Å². The fourth-order valence-electron chi connectivity index (χ4n) is 9.35. The average molecular weight is 599 g/mol. The van der Waals surface area contributed by atoms with E-state index < -0.39 is 58.6 Å². The van der Waals surface area contributed by atoms with Crippen molar-refractivity contribution < 1.29 is 38.5 Å². The van der Waals surface area contributed by atoms with Gasteiger partial charge in [0.2, 0.25) is 11.6 Å². The van der Waals surface area contributed by atoms with Gasteiger partial charge in [-0.15, -0.1) is 0 Å². The van der Waals surface area contributed by atoms with Crippen molar-refractivity contribution in [2.45, 2.75) is 96.5 Å². The second-order valence-corrected chi connectivity index (χ2v) is 14.0. The maximum absolute atomic E-state index is 14.3. The SMILES string of the molecule is COCC1OC(=O)C(=CN2CCC(N3CCCCC3)CC2)C2C(=O)C(=O)C3=C(C(OC(C)=O)CC4(C)C(O)CCC34)C12C. The molecular weight excluding hydrogens is 552 g/mol. The van der Waals surface area contributed by atoms with Crippen molar-refractivity contribution in [2.24, 2.45) is 22.7 Å². The first-order valence-corrected chi connectivity index (χ1v) is 16.1. The Morgan fingerprint density at radius 3 is 2.40 bits per heavy atom. The van der Waals surface area contributed by atoms with Crippen molar-refractivity contribution in [3.8, 4) is 0 Å². The molecule has 7 atom stereocenters. The zero-order chi connectivity index (χ0) is 30.7. The molecule has 43 heavy (non-hydrogen) atoms. The molecule has 10 heteroatoms. The third kappa shape index (κ3) is 4.88. The minimum Gasteiger partial charge on any atom is -0.458 e. The largest absolute Gasteiger partial charge is 0.458 e. The normalized spacial score (nSPS) is 39.8. The van der Waals surface area contributed by atoms with E-state index in [9.17, 15) is 24.3 Å². The molecule has 0 aromatic carbocycles. The van der Waals surface area contributed by atoms with Crippen LogP contribution in [0.1, 0.15) is 72.1 Å². The molecule has 4 fully saturated rings. The molecule has 1 N–H and O–H groups in total. The number of ketones is 2. The molecule has 3 aliphatic carbocycles. The number of esters is 2. The number of piperidine rings is 2. The smallest absolute Gasteiger partial charge is 0.336 e. The van der Waals surface area contributed by atoms with E-state index in [0.29, 0.717) is 36.5 Å². The summed E-state index contributed by atoms with van der Waals surface area (Å²) in [5, 5.41) is 11.0. The molecule has 6 aliphatic rings. The van der Waals surface area contributed by atoms with Gasteiger partial charge in [0.05, 0.1) is 24.2 Å². The minimum absolute atomic E-state index is 0.0167. The number of carbonyl (C=O) groups is 4. The van der Waals surface area contributed by atoms with E-state index in [2.05, 4.69) is 9.80 Å². The molecule has 0 bridgehead atoms. The minimum atomic E-state index is -1.17. The van der Waals surface area contributed by atoms with E-state index >= 15 is 0 Å². The Kier molecular flexibility index (Phi) is 8.09. The number of allylic oxidation sites excluding steroid dienone is 1. The standard InChI is InChI=1S/C33H46N2O8/c1-19(36)42-23-16-32(2)22(8-9-24(32)37)26-28(23)33(3)25(18-41-4)43-31(40)21(27(33)30(39)29(26)38)17-34-14-10-20(11-15-34)35-12-6-5-7-13-35/h17,20,22-25,27,37H,5-16,18H2,1-4H3. The Morgan fingerprint density at radius 1 is 1.05 bits per heavy atom. The maximum atomic E-state index is 14.3. The summed E-state index contributed by atoms with van der Waals surface area (Å²) in [6.45, 7) is 8.86. The van der Waals surface area contributed by atoms with E-state index in [1.165, 1.54) is 33.3 Å². The molecule has 3 heterocycles. The molecule has 10 nitrogen and oxygen atoms in total. The fraction of sp³-hybridized carbons (Fsp3) is 0.758. The van der Waals surface area contributed by atoms with Gasteiger partial charge in [0.25, 0.3) is 0 Å². The number of hydrogen-bond donors (Lipinski definition) is 1. The van der Waals surface area contributed by atoms with Crippen LogP contribution in [0.4, 0.5) is 0 Å². The summed E-state index contributed by atoms with van der Waals surface area (Å²) >= 11 is 0. The van der Waals surface area contributed by atoms with Crippen LogP contribution < -0.4 is 0 Å². The number of hydrogen-bond acceptors (Lipinski definition) is 10. The zero-order valence-electron chi connectivity index (χ0n) is 25.9. The number of methoxy groups -OCH3 is 1. The molecule has 7 unspecified atom stereocenters. The number of aliphatic hydroxyl groups excluding tert-OH is 1. The molecule has 0 aromatic heterocycles. The van der Waals surface area contributed by atoms with Gasteiger partial charge in [-0.3, -0.25) is 14.4 Å². The predicted octanol–water partition coefficient (Wildman–Crippen LogP) is 2.58. The van der Waals surface area contributed by atoms with Crippen LogP contribution in [0.15, 0.2) is 22.9 Å². The Bertz CT molecular complexity index is 1250. The van der Waals surface area contributed by atoms with Crippen LogP contribution in [0.3, 0.4) is 0 Å². The van der Waals surface area contributed by atoms with Crippen molar-refractivity contribution in [1.82, 2.24) is 9.80 Å². The van der Waals surface area contributed by atoms with Gasteiger partial charge < -0.3 is 29.1 Å². The number of ether oxygens (including phenoxy) is 3. The highest BCUT2D eigenvalue weighted by Gasteiger charge is 2.67. The summed E-state index contributed by atoms with van der Waals surface area (Å²) in [5.74, 6) is -3.86. The number of cyclic esters (lactones) is 1. The molecule has 0 radical (unpaired) electrons. The lowest BCUT2D eigenvalue weighted by Gasteiger charge is -2.56. The van der Waals surface area contributed by atoms with Crippen LogP contribution in [0.25, 0.3) is 0 Å². The number of carbonyl (C=O) groups excluding carboxylic acids is 4. The van der Waals surface area contributed by atoms with Crippen LogP contribution in [-0.2, 0) is 33.4 Å². The average Bonchev–Trinajstić information content (AvgIpc) is 3.27. The summed E-state index contributed by atoms with van der Waals surface area (Å²) < 4.78 is 17.5. The molecule has 0 spiro atoms. The van der Waals surface area contributed by atoms with Gasteiger partial charge in [-0.2, -0.15) is 0 Å². The summed E-state index contributed by atoms with van der Waals surface area (Å²) in [7, 11) is 1.50.